The molecule has 2 N–H and O–H groups in total. The zero-order valence-corrected chi connectivity index (χ0v) is 13.0. The normalized spacial score (nSPS) is 10.2. The minimum absolute atomic E-state index is 0.592. The quantitative estimate of drug-likeness (QED) is 0.643. The van der Waals surface area contributed by atoms with Gasteiger partial charge in [-0.25, -0.2) is 4.98 Å². The van der Waals surface area contributed by atoms with Gasteiger partial charge in [-0.15, -0.1) is 0 Å². The molecule has 0 fully saturated rings. The molecule has 0 saturated carbocycles. The molecule has 0 unspecified atom stereocenters. The van der Waals surface area contributed by atoms with Crippen molar-refractivity contribution in [2.24, 2.45) is 0 Å². The van der Waals surface area contributed by atoms with E-state index in [-0.39, 0.29) is 0 Å². The minimum atomic E-state index is 0.592. The van der Waals surface area contributed by atoms with Crippen LogP contribution in [0.4, 0.5) is 11.6 Å². The molecule has 0 atom stereocenters. The van der Waals surface area contributed by atoms with E-state index in [0.29, 0.717) is 24.6 Å². The molecule has 0 amide bonds. The van der Waals surface area contributed by atoms with Crippen molar-refractivity contribution in [3.8, 4) is 6.07 Å². The fraction of sp³-hybridized carbons (Fsp3) is 0.600. The number of nitriles is 1. The molecule has 6 nitrogen and oxygen atoms in total. The van der Waals surface area contributed by atoms with Crippen molar-refractivity contribution in [3.63, 3.8) is 0 Å². The van der Waals surface area contributed by atoms with Gasteiger partial charge in [0.15, 0.2) is 0 Å². The molecule has 0 saturated heterocycles. The number of hydrogen-bond acceptors (Lipinski definition) is 6. The molecule has 1 heterocycles. The summed E-state index contributed by atoms with van der Waals surface area (Å²) in [6.45, 7) is 4.82. The molecule has 0 aliphatic carbocycles. The van der Waals surface area contributed by atoms with Gasteiger partial charge in [0.2, 0.25) is 0 Å². The third-order valence-electron chi connectivity index (χ3n) is 2.98. The first-order valence-corrected chi connectivity index (χ1v) is 7.10. The Bertz CT molecular complexity index is 471. The van der Waals surface area contributed by atoms with Crippen molar-refractivity contribution >= 4 is 11.6 Å². The molecule has 0 aliphatic rings. The van der Waals surface area contributed by atoms with Crippen LogP contribution in [-0.2, 0) is 9.47 Å². The summed E-state index contributed by atoms with van der Waals surface area (Å²) in [6, 6.07) is 4.10. The van der Waals surface area contributed by atoms with Gasteiger partial charge in [-0.05, 0) is 31.4 Å². The first-order valence-electron chi connectivity index (χ1n) is 7.10. The lowest BCUT2D eigenvalue weighted by atomic mass is 10.1. The van der Waals surface area contributed by atoms with E-state index in [1.54, 1.807) is 14.2 Å². The molecule has 6 heteroatoms. The predicted molar refractivity (Wildman–Crippen MR) is 83.7 cm³/mol. The van der Waals surface area contributed by atoms with E-state index in [1.807, 2.05) is 13.0 Å². The van der Waals surface area contributed by atoms with Crippen LogP contribution in [0, 0.1) is 18.3 Å². The summed E-state index contributed by atoms with van der Waals surface area (Å²) >= 11 is 0. The summed E-state index contributed by atoms with van der Waals surface area (Å²) < 4.78 is 10.0. The zero-order chi connectivity index (χ0) is 15.5. The predicted octanol–water partition coefficient (Wildman–Crippen LogP) is 2.16. The second-order valence-electron chi connectivity index (χ2n) is 4.71. The van der Waals surface area contributed by atoms with E-state index in [1.165, 1.54) is 0 Å². The third-order valence-corrected chi connectivity index (χ3v) is 2.98. The first kappa shape index (κ1) is 17.2. The highest BCUT2D eigenvalue weighted by atomic mass is 16.5. The Morgan fingerprint density at radius 3 is 2.33 bits per heavy atom. The summed E-state index contributed by atoms with van der Waals surface area (Å²) in [5.74, 6) is 1.40. The molecular formula is C15H24N4O2. The van der Waals surface area contributed by atoms with Gasteiger partial charge in [0, 0.05) is 40.5 Å². The highest BCUT2D eigenvalue weighted by Crippen LogP contribution is 2.20. The van der Waals surface area contributed by atoms with Crippen molar-refractivity contribution in [1.29, 1.82) is 5.26 Å². The van der Waals surface area contributed by atoms with Crippen molar-refractivity contribution in [2.45, 2.75) is 19.8 Å². The molecule has 0 aromatic carbocycles. The Balaban J connectivity index is 2.69. The van der Waals surface area contributed by atoms with Crippen LogP contribution in [0.25, 0.3) is 0 Å². The number of anilines is 2. The van der Waals surface area contributed by atoms with Crippen LogP contribution in [-0.4, -0.2) is 45.5 Å². The summed E-state index contributed by atoms with van der Waals surface area (Å²) in [5.41, 5.74) is 1.51. The minimum Gasteiger partial charge on any atom is -0.385 e. The van der Waals surface area contributed by atoms with Crippen LogP contribution in [0.15, 0.2) is 6.07 Å². The molecule has 0 bridgehead atoms. The number of nitrogens with zero attached hydrogens (tertiary/aromatic N) is 2. The second kappa shape index (κ2) is 9.97. The molecular weight excluding hydrogens is 268 g/mol. The lowest BCUT2D eigenvalue weighted by molar-refractivity contribution is 0.197. The van der Waals surface area contributed by atoms with E-state index in [0.717, 1.165) is 37.3 Å². The Labute approximate surface area is 126 Å². The van der Waals surface area contributed by atoms with Gasteiger partial charge in [0.25, 0.3) is 0 Å². The number of aryl methyl sites for hydroxylation is 1. The number of ether oxygens (including phenoxy) is 2. The largest absolute Gasteiger partial charge is 0.385 e. The van der Waals surface area contributed by atoms with Gasteiger partial charge in [-0.1, -0.05) is 0 Å². The third kappa shape index (κ3) is 5.98. The number of nitrogens with one attached hydrogen (secondary N) is 2. The molecule has 1 rings (SSSR count). The molecule has 0 aliphatic heterocycles. The number of pyridine rings is 1. The topological polar surface area (TPSA) is 79.2 Å². The fourth-order valence-corrected chi connectivity index (χ4v) is 1.89. The van der Waals surface area contributed by atoms with Crippen LogP contribution in [0.3, 0.4) is 0 Å². The zero-order valence-electron chi connectivity index (χ0n) is 13.0. The highest BCUT2D eigenvalue weighted by Gasteiger charge is 2.09. The van der Waals surface area contributed by atoms with Crippen molar-refractivity contribution in [1.82, 2.24) is 4.98 Å². The average Bonchev–Trinajstić information content (AvgIpc) is 2.48. The van der Waals surface area contributed by atoms with Gasteiger partial charge < -0.3 is 20.1 Å². The van der Waals surface area contributed by atoms with Crippen LogP contribution in [0.1, 0.15) is 24.0 Å². The van der Waals surface area contributed by atoms with Crippen molar-refractivity contribution in [2.75, 3.05) is 51.2 Å². The van der Waals surface area contributed by atoms with E-state index in [4.69, 9.17) is 9.47 Å². The molecule has 1 aromatic heterocycles. The Morgan fingerprint density at radius 1 is 1.14 bits per heavy atom. The summed E-state index contributed by atoms with van der Waals surface area (Å²) in [4.78, 5) is 4.47. The molecule has 0 spiro atoms. The standard InChI is InChI=1S/C15H24N4O2/c1-12-10-14(17-6-4-8-20-2)19-15(13(12)11-16)18-7-5-9-21-3/h10H,4-9H2,1-3H3,(H2,17,18,19). The molecule has 21 heavy (non-hydrogen) atoms. The summed E-state index contributed by atoms with van der Waals surface area (Å²) in [5, 5.41) is 15.7. The van der Waals surface area contributed by atoms with Crippen molar-refractivity contribution in [3.05, 3.63) is 17.2 Å². The SMILES string of the molecule is COCCCNc1cc(C)c(C#N)c(NCCCOC)n1. The van der Waals surface area contributed by atoms with Gasteiger partial charge in [-0.2, -0.15) is 5.26 Å². The smallest absolute Gasteiger partial charge is 0.146 e. The second-order valence-corrected chi connectivity index (χ2v) is 4.71. The summed E-state index contributed by atoms with van der Waals surface area (Å²) in [6.07, 6.45) is 1.78. The molecule has 0 radical (unpaired) electrons. The van der Waals surface area contributed by atoms with Crippen LogP contribution >= 0.6 is 0 Å². The van der Waals surface area contributed by atoms with Gasteiger partial charge >= 0.3 is 0 Å². The fourth-order valence-electron chi connectivity index (χ4n) is 1.89. The summed E-state index contributed by atoms with van der Waals surface area (Å²) in [7, 11) is 3.36. The lowest BCUT2D eigenvalue weighted by Crippen LogP contribution is -2.11. The number of methoxy groups -OCH3 is 2. The average molecular weight is 292 g/mol. The maximum absolute atomic E-state index is 9.25. The van der Waals surface area contributed by atoms with Crippen molar-refractivity contribution < 1.29 is 9.47 Å². The Kier molecular flexibility index (Phi) is 8.17. The monoisotopic (exact) mass is 292 g/mol. The maximum Gasteiger partial charge on any atom is 0.146 e. The number of rotatable bonds is 10. The van der Waals surface area contributed by atoms with Crippen LogP contribution in [0.5, 0.6) is 0 Å². The van der Waals surface area contributed by atoms with Gasteiger partial charge in [0.05, 0.1) is 5.56 Å². The highest BCUT2D eigenvalue weighted by molar-refractivity contribution is 5.60. The number of aromatic nitrogens is 1. The Hall–Kier alpha value is -1.84. The first-order chi connectivity index (χ1) is 10.2. The van der Waals surface area contributed by atoms with Gasteiger partial charge in [-0.3, -0.25) is 0 Å². The van der Waals surface area contributed by atoms with E-state index in [9.17, 15) is 5.26 Å². The molecule has 116 valence electrons. The maximum atomic E-state index is 9.25. The van der Waals surface area contributed by atoms with E-state index >= 15 is 0 Å². The number of hydrogen-bond donors (Lipinski definition) is 2. The van der Waals surface area contributed by atoms with E-state index in [2.05, 4.69) is 21.7 Å². The van der Waals surface area contributed by atoms with Gasteiger partial charge in [0.1, 0.15) is 17.7 Å². The Morgan fingerprint density at radius 2 is 1.76 bits per heavy atom. The van der Waals surface area contributed by atoms with E-state index < -0.39 is 0 Å². The van der Waals surface area contributed by atoms with Crippen LogP contribution < -0.4 is 10.6 Å². The lowest BCUT2D eigenvalue weighted by Gasteiger charge is -2.12. The molecule has 1 aromatic rings. The van der Waals surface area contributed by atoms with Crippen LogP contribution in [0.2, 0.25) is 0 Å².